The number of rotatable bonds is 4. The number of nitrogens with one attached hydrogen (secondary N) is 3. The smallest absolute Gasteiger partial charge is 0.408 e. The second kappa shape index (κ2) is 10.9. The summed E-state index contributed by atoms with van der Waals surface area (Å²) in [4.78, 5) is 54.2. The number of carbonyl (C=O) groups is 4. The zero-order valence-electron chi connectivity index (χ0n) is 22.5. The molecule has 0 aromatic carbocycles. The molecular weight excluding hydrogens is 512 g/mol. The summed E-state index contributed by atoms with van der Waals surface area (Å²) in [6.45, 7) is 5.77. The molecule has 38 heavy (non-hydrogen) atoms. The van der Waals surface area contributed by atoms with Crippen LogP contribution < -0.4 is 15.4 Å². The summed E-state index contributed by atoms with van der Waals surface area (Å²) in [5.41, 5.74) is -1.90. The first-order valence-corrected chi connectivity index (χ1v) is 15.2. The average Bonchev–Trinajstić information content (AvgIpc) is 3.72. The summed E-state index contributed by atoms with van der Waals surface area (Å²) in [5.74, 6) is -1.98. The van der Waals surface area contributed by atoms with Crippen LogP contribution in [0.1, 0.15) is 85.0 Å². The molecule has 0 spiro atoms. The molecule has 4 atom stereocenters. The Labute approximate surface area is 224 Å². The first kappa shape index (κ1) is 28.4. The second-order valence-corrected chi connectivity index (χ2v) is 13.9. The van der Waals surface area contributed by atoms with Gasteiger partial charge in [-0.2, -0.15) is 0 Å². The van der Waals surface area contributed by atoms with Crippen LogP contribution in [0.4, 0.5) is 4.79 Å². The zero-order chi connectivity index (χ0) is 27.7. The van der Waals surface area contributed by atoms with Gasteiger partial charge in [0.05, 0.1) is 5.25 Å². The van der Waals surface area contributed by atoms with Crippen molar-refractivity contribution in [2.45, 2.75) is 113 Å². The number of nitrogens with zero attached hydrogens (tertiary/aromatic N) is 1. The third-order valence-electron chi connectivity index (χ3n) is 7.51. The standard InChI is InChI=1S/C26H40N4O7S/c1-25(2,3)28-24(34)37-20-12-8-6-4-5-7-10-17-16-26(17,23(33)29-38(35,36)18-13-14-18)27-21(31)19-11-9-15-30(19)22(20)32/h7,10,17-20H,4-6,8-9,11-16H2,1-3H3,(H,27,31)(H,28,34)(H,29,33)/t17-,19+,20+,26-/m1/s1. The molecular formula is C26H40N4O7S. The molecule has 0 aromatic rings. The first-order chi connectivity index (χ1) is 17.8. The molecule has 12 heteroatoms. The Hall–Kier alpha value is -2.63. The van der Waals surface area contributed by atoms with E-state index in [-0.39, 0.29) is 5.92 Å². The Morgan fingerprint density at radius 2 is 1.82 bits per heavy atom. The Kier molecular flexibility index (Phi) is 8.11. The van der Waals surface area contributed by atoms with Gasteiger partial charge in [-0.1, -0.05) is 18.6 Å². The number of alkyl carbamates (subject to hydrolysis) is 1. The van der Waals surface area contributed by atoms with Crippen LogP contribution in [0.25, 0.3) is 0 Å². The van der Waals surface area contributed by atoms with Gasteiger partial charge in [-0.3, -0.25) is 19.1 Å². The minimum atomic E-state index is -3.78. The van der Waals surface area contributed by atoms with Crippen LogP contribution in [0.2, 0.25) is 0 Å². The number of fused-ring (bicyclic) bond motifs is 2. The summed E-state index contributed by atoms with van der Waals surface area (Å²) in [5, 5.41) is 4.96. The van der Waals surface area contributed by atoms with Gasteiger partial charge in [0.2, 0.25) is 15.9 Å². The van der Waals surface area contributed by atoms with Crippen molar-refractivity contribution in [2.75, 3.05) is 6.54 Å². The maximum absolute atomic E-state index is 13.6. The molecule has 0 unspecified atom stereocenters. The Bertz CT molecular complexity index is 1100. The second-order valence-electron chi connectivity index (χ2n) is 12.0. The summed E-state index contributed by atoms with van der Waals surface area (Å²) in [6.07, 6.45) is 7.84. The lowest BCUT2D eigenvalue weighted by Gasteiger charge is -2.30. The zero-order valence-corrected chi connectivity index (χ0v) is 23.3. The lowest BCUT2D eigenvalue weighted by molar-refractivity contribution is -0.146. The minimum Gasteiger partial charge on any atom is -0.436 e. The number of amides is 4. The first-order valence-electron chi connectivity index (χ1n) is 13.7. The van der Waals surface area contributed by atoms with Gasteiger partial charge in [-0.05, 0) is 78.6 Å². The Morgan fingerprint density at radius 3 is 2.50 bits per heavy atom. The summed E-state index contributed by atoms with van der Waals surface area (Å²) in [6, 6.07) is -0.834. The van der Waals surface area contributed by atoms with Gasteiger partial charge < -0.3 is 20.3 Å². The lowest BCUT2D eigenvalue weighted by Crippen LogP contribution is -2.57. The fourth-order valence-corrected chi connectivity index (χ4v) is 6.55. The highest BCUT2D eigenvalue weighted by molar-refractivity contribution is 7.91. The van der Waals surface area contributed by atoms with E-state index >= 15 is 0 Å². The van der Waals surface area contributed by atoms with Gasteiger partial charge in [0.1, 0.15) is 11.6 Å². The maximum atomic E-state index is 13.6. The van der Waals surface area contributed by atoms with Gasteiger partial charge in [-0.25, -0.2) is 13.2 Å². The SMILES string of the molecule is CC(C)(C)NC(=O)O[C@H]1CCCCCC=C[C@@H]2C[C@@]2(C(=O)NS(=O)(=O)C2CC2)NC(=O)[C@@H]2CCCN2C1=O. The average molecular weight is 553 g/mol. The van der Waals surface area contributed by atoms with E-state index in [1.165, 1.54) is 4.90 Å². The largest absolute Gasteiger partial charge is 0.436 e. The monoisotopic (exact) mass is 552 g/mol. The van der Waals surface area contributed by atoms with E-state index in [2.05, 4.69) is 15.4 Å². The highest BCUT2D eigenvalue weighted by Crippen LogP contribution is 2.46. The molecule has 4 amide bonds. The maximum Gasteiger partial charge on any atom is 0.408 e. The number of hydrogen-bond donors (Lipinski definition) is 3. The number of hydrogen-bond acceptors (Lipinski definition) is 7. The molecule has 1 saturated heterocycles. The molecule has 4 aliphatic rings. The third kappa shape index (κ3) is 6.68. The van der Waals surface area contributed by atoms with Crippen LogP contribution >= 0.6 is 0 Å². The topological polar surface area (TPSA) is 151 Å². The van der Waals surface area contributed by atoms with Crippen molar-refractivity contribution in [2.24, 2.45) is 5.92 Å². The summed E-state index contributed by atoms with van der Waals surface area (Å²) in [7, 11) is -3.78. The van der Waals surface area contributed by atoms with E-state index in [4.69, 9.17) is 4.74 Å². The van der Waals surface area contributed by atoms with Crippen molar-refractivity contribution in [1.29, 1.82) is 0 Å². The van der Waals surface area contributed by atoms with E-state index in [1.807, 2.05) is 32.9 Å². The van der Waals surface area contributed by atoms with Crippen molar-refractivity contribution >= 4 is 33.8 Å². The predicted molar refractivity (Wildman–Crippen MR) is 139 cm³/mol. The van der Waals surface area contributed by atoms with Gasteiger partial charge >= 0.3 is 6.09 Å². The van der Waals surface area contributed by atoms with Crippen LogP contribution in [-0.4, -0.2) is 72.2 Å². The van der Waals surface area contributed by atoms with Crippen molar-refractivity contribution in [1.82, 2.24) is 20.3 Å². The molecule has 3 fully saturated rings. The molecule has 2 heterocycles. The minimum absolute atomic E-state index is 0.292. The molecule has 3 N–H and O–H groups in total. The molecule has 212 valence electrons. The van der Waals surface area contributed by atoms with E-state index < -0.39 is 62.3 Å². The number of carbonyl (C=O) groups excluding carboxylic acids is 4. The quantitative estimate of drug-likeness (QED) is 0.451. The van der Waals surface area contributed by atoms with Gasteiger partial charge in [0.25, 0.3) is 11.8 Å². The molecule has 2 saturated carbocycles. The van der Waals surface area contributed by atoms with Crippen molar-refractivity contribution in [3.8, 4) is 0 Å². The van der Waals surface area contributed by atoms with Crippen LogP contribution in [0.5, 0.6) is 0 Å². The molecule has 0 bridgehead atoms. The van der Waals surface area contributed by atoms with Gasteiger partial charge in [0, 0.05) is 18.0 Å². The summed E-state index contributed by atoms with van der Waals surface area (Å²) >= 11 is 0. The molecule has 0 radical (unpaired) electrons. The fraction of sp³-hybridized carbons (Fsp3) is 0.769. The van der Waals surface area contributed by atoms with E-state index in [1.54, 1.807) is 0 Å². The third-order valence-corrected chi connectivity index (χ3v) is 9.33. The van der Waals surface area contributed by atoms with Crippen LogP contribution in [0, 0.1) is 5.92 Å². The Balaban J connectivity index is 1.54. The molecule has 4 rings (SSSR count). The summed E-state index contributed by atoms with van der Waals surface area (Å²) < 4.78 is 32.7. The van der Waals surface area contributed by atoms with Gasteiger partial charge in [-0.15, -0.1) is 0 Å². The van der Waals surface area contributed by atoms with Crippen molar-refractivity contribution in [3.63, 3.8) is 0 Å². The van der Waals surface area contributed by atoms with E-state index in [9.17, 15) is 27.6 Å². The van der Waals surface area contributed by atoms with Crippen LogP contribution in [0.3, 0.4) is 0 Å². The molecule has 2 aliphatic carbocycles. The van der Waals surface area contributed by atoms with Crippen molar-refractivity contribution in [3.05, 3.63) is 12.2 Å². The Morgan fingerprint density at radius 1 is 1.08 bits per heavy atom. The van der Waals surface area contributed by atoms with Crippen molar-refractivity contribution < 1.29 is 32.3 Å². The van der Waals surface area contributed by atoms with E-state index in [0.29, 0.717) is 51.5 Å². The number of ether oxygens (including phenoxy) is 1. The number of allylic oxidation sites excluding steroid dienone is 1. The lowest BCUT2D eigenvalue weighted by atomic mass is 10.1. The van der Waals surface area contributed by atoms with E-state index in [0.717, 1.165) is 19.3 Å². The highest BCUT2D eigenvalue weighted by atomic mass is 32.2. The van der Waals surface area contributed by atoms with Crippen LogP contribution in [0.15, 0.2) is 12.2 Å². The molecule has 2 aliphatic heterocycles. The van der Waals surface area contributed by atoms with Crippen LogP contribution in [-0.2, 0) is 29.1 Å². The normalized spacial score (nSPS) is 30.7. The molecule has 11 nitrogen and oxygen atoms in total. The predicted octanol–water partition coefficient (Wildman–Crippen LogP) is 1.87. The van der Waals surface area contributed by atoms with Gasteiger partial charge in [0.15, 0.2) is 6.10 Å². The molecule has 0 aromatic heterocycles. The fourth-order valence-electron chi connectivity index (χ4n) is 5.18. The highest BCUT2D eigenvalue weighted by Gasteiger charge is 2.61. The number of sulfonamides is 1.